The molecular weight excluding hydrogens is 610 g/mol. The molecule has 220 valence electrons. The van der Waals surface area contributed by atoms with E-state index in [1.165, 1.54) is 6.07 Å². The number of H-pyrrole nitrogens is 1. The molecule has 8 nitrogen and oxygen atoms in total. The highest BCUT2D eigenvalue weighted by Gasteiger charge is 2.17. The van der Waals surface area contributed by atoms with E-state index in [2.05, 4.69) is 28.1 Å². The number of hydrogen-bond acceptors (Lipinski definition) is 4. The minimum atomic E-state index is -0.473. The molecule has 0 atom stereocenters. The molecule has 2 amide bonds. The van der Waals surface area contributed by atoms with E-state index < -0.39 is 5.82 Å². The lowest BCUT2D eigenvalue weighted by Gasteiger charge is -2.23. The zero-order chi connectivity index (χ0) is 28.8. The fourth-order valence-electron chi connectivity index (χ4n) is 4.30. The van der Waals surface area contributed by atoms with Gasteiger partial charge in [-0.05, 0) is 53.4 Å². The van der Waals surface area contributed by atoms with Gasteiger partial charge in [0.1, 0.15) is 11.6 Å². The van der Waals surface area contributed by atoms with Crippen LogP contribution >= 0.6 is 23.2 Å². The average Bonchev–Trinajstić information content (AvgIpc) is 3.51. The highest BCUT2D eigenvalue weighted by molar-refractivity contribution is 7.95. The van der Waals surface area contributed by atoms with Gasteiger partial charge in [-0.1, -0.05) is 0 Å². The van der Waals surface area contributed by atoms with Gasteiger partial charge >= 0.3 is 0 Å². The zero-order valence-corrected chi connectivity index (χ0v) is 26.0. The molecule has 0 fully saturated rings. The largest absolute Gasteiger partial charge is 1.00 e. The summed E-state index contributed by atoms with van der Waals surface area (Å²) in [6, 6.07) is 11.6. The van der Waals surface area contributed by atoms with Crippen molar-refractivity contribution in [1.82, 2.24) is 14.5 Å². The monoisotopic (exact) mass is 640 g/mol. The maximum absolute atomic E-state index is 14.8. The Morgan fingerprint density at radius 2 is 1.78 bits per heavy atom. The Morgan fingerprint density at radius 3 is 2.44 bits per heavy atom. The number of fused-ring (bicyclic) bond motifs is 1. The van der Waals surface area contributed by atoms with Crippen molar-refractivity contribution in [2.45, 2.75) is 6.42 Å². The SMILES string of the molecule is Cn1c(-c2cc(NC(=O)CC[S+](C)C)c[nH]2)nc2cc(C(=O)Nc3ccc(N(CCCl)CCCl)c(F)c3)ccc21.[Cl-]. The van der Waals surface area contributed by atoms with Crippen LogP contribution in [0.15, 0.2) is 48.7 Å². The van der Waals surface area contributed by atoms with Crippen molar-refractivity contribution in [3.63, 3.8) is 0 Å². The topological polar surface area (TPSA) is 95.0 Å². The number of amides is 2. The van der Waals surface area contributed by atoms with Crippen LogP contribution in [0.25, 0.3) is 22.6 Å². The number of aromatic amines is 1. The quantitative estimate of drug-likeness (QED) is 0.164. The number of imidazole rings is 1. The van der Waals surface area contributed by atoms with Gasteiger partial charge in [-0.3, -0.25) is 9.59 Å². The van der Waals surface area contributed by atoms with Gasteiger partial charge in [0, 0.05) is 49.3 Å². The number of alkyl halides is 2. The van der Waals surface area contributed by atoms with Gasteiger partial charge in [-0.15, -0.1) is 23.2 Å². The number of carbonyl (C=O) groups excluding carboxylic acids is 2. The number of aryl methyl sites for hydroxylation is 1. The van der Waals surface area contributed by atoms with Crippen molar-refractivity contribution < 1.29 is 26.4 Å². The molecule has 0 aliphatic carbocycles. The highest BCUT2D eigenvalue weighted by Crippen LogP contribution is 2.27. The Kier molecular flexibility index (Phi) is 11.8. The van der Waals surface area contributed by atoms with E-state index >= 15 is 0 Å². The van der Waals surface area contributed by atoms with E-state index in [9.17, 15) is 14.0 Å². The van der Waals surface area contributed by atoms with Crippen LogP contribution in [-0.2, 0) is 22.7 Å². The third kappa shape index (κ3) is 8.09. The molecule has 4 aromatic rings. The first-order valence-electron chi connectivity index (χ1n) is 12.7. The fourth-order valence-corrected chi connectivity index (χ4v) is 5.30. The van der Waals surface area contributed by atoms with Crippen molar-refractivity contribution in [2.75, 3.05) is 58.6 Å². The Balaban J connectivity index is 0.00000462. The van der Waals surface area contributed by atoms with Gasteiger partial charge < -0.3 is 37.5 Å². The molecule has 0 bridgehead atoms. The van der Waals surface area contributed by atoms with Crippen LogP contribution in [0.3, 0.4) is 0 Å². The second-order valence-electron chi connectivity index (χ2n) is 9.47. The smallest absolute Gasteiger partial charge is 0.255 e. The number of nitrogens with one attached hydrogen (secondary N) is 3. The van der Waals surface area contributed by atoms with Gasteiger partial charge in [0.15, 0.2) is 5.82 Å². The number of aromatic nitrogens is 3. The van der Waals surface area contributed by atoms with Crippen LogP contribution in [0.5, 0.6) is 0 Å². The van der Waals surface area contributed by atoms with Crippen molar-refractivity contribution in [3.05, 3.63) is 60.0 Å². The molecule has 0 spiro atoms. The summed E-state index contributed by atoms with van der Waals surface area (Å²) in [5, 5.41) is 5.67. The first-order valence-corrected chi connectivity index (χ1v) is 15.9. The molecule has 13 heteroatoms. The first-order chi connectivity index (χ1) is 19.2. The minimum absolute atomic E-state index is 0. The molecule has 0 saturated heterocycles. The number of halogens is 4. The van der Waals surface area contributed by atoms with Crippen molar-refractivity contribution in [1.29, 1.82) is 0 Å². The molecule has 3 N–H and O–H groups in total. The van der Waals surface area contributed by atoms with E-state index in [-0.39, 0.29) is 35.1 Å². The average molecular weight is 642 g/mol. The lowest BCUT2D eigenvalue weighted by atomic mass is 10.1. The van der Waals surface area contributed by atoms with Crippen molar-refractivity contribution in [2.24, 2.45) is 7.05 Å². The fraction of sp³-hybridized carbons (Fsp3) is 0.321. The molecule has 2 aromatic heterocycles. The molecule has 0 aliphatic rings. The Hall–Kier alpha value is -2.92. The predicted octanol–water partition coefficient (Wildman–Crippen LogP) is 2.45. The van der Waals surface area contributed by atoms with E-state index in [0.29, 0.717) is 65.2 Å². The van der Waals surface area contributed by atoms with Gasteiger partial charge in [-0.25, -0.2) is 9.37 Å². The van der Waals surface area contributed by atoms with Gasteiger partial charge in [-0.2, -0.15) is 0 Å². The second kappa shape index (κ2) is 14.8. The number of rotatable bonds is 12. The highest BCUT2D eigenvalue weighted by atomic mass is 35.5. The molecule has 0 saturated carbocycles. The van der Waals surface area contributed by atoms with Crippen LogP contribution in [0.4, 0.5) is 21.5 Å². The summed E-state index contributed by atoms with van der Waals surface area (Å²) in [6.07, 6.45) is 6.44. The van der Waals surface area contributed by atoms with E-state index in [1.54, 1.807) is 35.4 Å². The Labute approximate surface area is 257 Å². The zero-order valence-electron chi connectivity index (χ0n) is 22.9. The maximum Gasteiger partial charge on any atom is 0.255 e. The maximum atomic E-state index is 14.8. The molecule has 4 rings (SSSR count). The Morgan fingerprint density at radius 1 is 1.05 bits per heavy atom. The lowest BCUT2D eigenvalue weighted by molar-refractivity contribution is -0.115. The third-order valence-corrected chi connectivity index (χ3v) is 7.70. The molecule has 0 radical (unpaired) electrons. The second-order valence-corrected chi connectivity index (χ2v) is 12.6. The minimum Gasteiger partial charge on any atom is -1.00 e. The van der Waals surface area contributed by atoms with Crippen molar-refractivity contribution in [3.8, 4) is 11.5 Å². The van der Waals surface area contributed by atoms with Crippen LogP contribution in [-0.4, -0.2) is 69.5 Å². The molecule has 0 unspecified atom stereocenters. The normalized spacial score (nSPS) is 11.0. The number of carbonyl (C=O) groups is 2. The van der Waals surface area contributed by atoms with Gasteiger partial charge in [0.05, 0.1) is 47.0 Å². The van der Waals surface area contributed by atoms with E-state index in [4.69, 9.17) is 28.2 Å². The summed E-state index contributed by atoms with van der Waals surface area (Å²) in [4.78, 5) is 34.9. The van der Waals surface area contributed by atoms with Crippen LogP contribution in [0, 0.1) is 5.82 Å². The number of nitrogens with zero attached hydrogens (tertiary/aromatic N) is 3. The van der Waals surface area contributed by atoms with Crippen LogP contribution < -0.4 is 27.9 Å². The third-order valence-electron chi connectivity index (χ3n) is 6.34. The van der Waals surface area contributed by atoms with Crippen LogP contribution in [0.2, 0.25) is 0 Å². The van der Waals surface area contributed by atoms with Gasteiger partial charge in [0.2, 0.25) is 5.91 Å². The standard InChI is InChI=1S/C28H31Cl2FN6O2S.ClH/c1-36-25-6-4-18(28(39)34-19-5-7-24(21(31)15-19)37(11-9-29)12-10-30)14-22(25)35-27(36)23-16-20(17-32-23)33-26(38)8-13-40(2)3;/h4-7,14-17H,8-13H2,1-3H3,(H2-,32,33,34,35,38,39);1H. The summed E-state index contributed by atoms with van der Waals surface area (Å²) in [5.74, 6) is 1.31. The summed E-state index contributed by atoms with van der Waals surface area (Å²) in [6.45, 7) is 0.917. The summed E-state index contributed by atoms with van der Waals surface area (Å²) >= 11 is 11.7. The Bertz CT molecular complexity index is 1500. The summed E-state index contributed by atoms with van der Waals surface area (Å²) < 4.78 is 16.8. The molecule has 2 aromatic carbocycles. The number of anilines is 3. The molecular formula is C28H32Cl3FN6O2S. The summed E-state index contributed by atoms with van der Waals surface area (Å²) in [7, 11) is 2.09. The van der Waals surface area contributed by atoms with Crippen molar-refractivity contribution >= 4 is 74.0 Å². The summed E-state index contributed by atoms with van der Waals surface area (Å²) in [5.41, 5.74) is 3.97. The van der Waals surface area contributed by atoms with Gasteiger partial charge in [0.25, 0.3) is 5.91 Å². The van der Waals surface area contributed by atoms with Crippen LogP contribution in [0.1, 0.15) is 16.8 Å². The van der Waals surface area contributed by atoms with E-state index in [1.807, 2.05) is 23.7 Å². The number of hydrogen-bond donors (Lipinski definition) is 3. The number of benzene rings is 2. The molecule has 41 heavy (non-hydrogen) atoms. The lowest BCUT2D eigenvalue weighted by Crippen LogP contribution is -3.00. The van der Waals surface area contributed by atoms with E-state index in [0.717, 1.165) is 17.0 Å². The molecule has 2 heterocycles. The first kappa shape index (κ1) is 32.6. The predicted molar refractivity (Wildman–Crippen MR) is 166 cm³/mol. The molecule has 0 aliphatic heterocycles.